The normalized spacial score (nSPS) is 18.5. The van der Waals surface area contributed by atoms with Crippen molar-refractivity contribution in [1.82, 2.24) is 4.90 Å². The summed E-state index contributed by atoms with van der Waals surface area (Å²) in [7, 11) is 4.23. The Morgan fingerprint density at radius 3 is 1.81 bits per heavy atom. The monoisotopic (exact) mass is 259 g/mol. The van der Waals surface area contributed by atoms with Crippen LogP contribution in [0.25, 0.3) is 0 Å². The Morgan fingerprint density at radius 2 is 1.50 bits per heavy atom. The topological polar surface area (TPSA) is 3.24 Å². The maximum absolute atomic E-state index is 2.24. The van der Waals surface area contributed by atoms with Crippen LogP contribution in [-0.4, -0.2) is 25.0 Å². The average molecular weight is 259 g/mol. The van der Waals surface area contributed by atoms with Crippen LogP contribution in [0.2, 0.25) is 0 Å². The molecule has 1 nitrogen and oxygen atoms in total. The van der Waals surface area contributed by atoms with Crippen LogP contribution in [0, 0.1) is 5.92 Å². The molecule has 0 aromatic carbocycles. The minimum absolute atomic E-state index is 0. The molecule has 90 valence electrons. The Balaban J connectivity index is 0.000000318. The van der Waals surface area contributed by atoms with Gasteiger partial charge in [-0.15, -0.1) is 0 Å². The summed E-state index contributed by atoms with van der Waals surface area (Å²) in [6.45, 7) is 2.24. The first-order valence-corrected chi connectivity index (χ1v) is 5.55. The smallest absolute Gasteiger partial charge is 0.0159 e. The molecule has 0 saturated heterocycles. The predicted octanol–water partition coefficient (Wildman–Crippen LogP) is 3.18. The van der Waals surface area contributed by atoms with Gasteiger partial charge in [-0.2, -0.15) is 0 Å². The van der Waals surface area contributed by atoms with Crippen molar-refractivity contribution in [2.24, 2.45) is 5.92 Å². The molecule has 0 N–H and O–H groups in total. The van der Waals surface area contributed by atoms with Gasteiger partial charge in [-0.05, 0) is 27.4 Å². The summed E-state index contributed by atoms with van der Waals surface area (Å²) in [6, 6.07) is 0.620. The Bertz CT molecular complexity index is 265. The zero-order valence-corrected chi connectivity index (χ0v) is 11.4. The quantitative estimate of drug-likeness (QED) is 0.688. The minimum Gasteiger partial charge on any atom is -0.306 e. The van der Waals surface area contributed by atoms with Gasteiger partial charge < -0.3 is 4.90 Å². The zero-order valence-electron chi connectivity index (χ0n) is 10.3. The first kappa shape index (κ1) is 15.4. The van der Waals surface area contributed by atoms with Gasteiger partial charge in [-0.3, -0.25) is 0 Å². The van der Waals surface area contributed by atoms with Gasteiger partial charge in [-0.1, -0.05) is 48.6 Å². The first-order chi connectivity index (χ1) is 7.22. The van der Waals surface area contributed by atoms with Crippen molar-refractivity contribution in [1.29, 1.82) is 0 Å². The van der Waals surface area contributed by atoms with E-state index in [0.29, 0.717) is 12.0 Å². The van der Waals surface area contributed by atoms with Crippen molar-refractivity contribution in [3.05, 3.63) is 48.6 Å². The molecule has 0 aliphatic heterocycles. The van der Waals surface area contributed by atoms with Gasteiger partial charge in [0, 0.05) is 29.0 Å². The SMILES string of the molecule is C1=CCC=C1.CC(C1C=CC=C1)N(C)C.[Fe]. The van der Waals surface area contributed by atoms with E-state index in [1.165, 1.54) is 0 Å². The van der Waals surface area contributed by atoms with Crippen LogP contribution in [0.4, 0.5) is 0 Å². The molecule has 0 spiro atoms. The van der Waals surface area contributed by atoms with Crippen molar-refractivity contribution in [3.63, 3.8) is 0 Å². The third kappa shape index (κ3) is 5.50. The van der Waals surface area contributed by atoms with E-state index in [0.717, 1.165) is 6.42 Å². The molecular weight excluding hydrogens is 238 g/mol. The Kier molecular flexibility index (Phi) is 8.27. The molecule has 2 rings (SSSR count). The summed E-state index contributed by atoms with van der Waals surface area (Å²) < 4.78 is 0. The van der Waals surface area contributed by atoms with Gasteiger partial charge in [0.05, 0.1) is 0 Å². The minimum atomic E-state index is 0. The van der Waals surface area contributed by atoms with E-state index in [4.69, 9.17) is 0 Å². The van der Waals surface area contributed by atoms with Crippen molar-refractivity contribution >= 4 is 0 Å². The molecule has 0 aromatic heterocycles. The first-order valence-electron chi connectivity index (χ1n) is 5.55. The molecule has 0 bridgehead atoms. The Morgan fingerprint density at radius 1 is 1.00 bits per heavy atom. The summed E-state index contributed by atoms with van der Waals surface area (Å²) in [5.41, 5.74) is 0. The number of hydrogen-bond donors (Lipinski definition) is 0. The zero-order chi connectivity index (χ0) is 11.1. The summed E-state index contributed by atoms with van der Waals surface area (Å²) in [4.78, 5) is 2.24. The Hall–Kier alpha value is -0.561. The molecule has 2 aliphatic rings. The molecule has 2 aliphatic carbocycles. The third-order valence-corrected chi connectivity index (χ3v) is 2.80. The number of nitrogens with zero attached hydrogens (tertiary/aromatic N) is 1. The van der Waals surface area contributed by atoms with Crippen LogP contribution in [0.5, 0.6) is 0 Å². The average Bonchev–Trinajstić information content (AvgIpc) is 2.92. The Labute approximate surface area is 110 Å². The standard InChI is InChI=1S/C9H15N.C5H6.Fe/c1-8(10(2)3)9-6-4-5-7-9;1-2-4-5-3-1;/h4-9H,1-3H3;1-4H,5H2;. The summed E-state index contributed by atoms with van der Waals surface area (Å²) in [5, 5.41) is 0. The molecule has 0 aromatic rings. The molecule has 2 heteroatoms. The van der Waals surface area contributed by atoms with Crippen molar-refractivity contribution in [2.75, 3.05) is 14.1 Å². The third-order valence-electron chi connectivity index (χ3n) is 2.80. The molecule has 16 heavy (non-hydrogen) atoms. The van der Waals surface area contributed by atoms with Crippen LogP contribution in [0.1, 0.15) is 13.3 Å². The second kappa shape index (κ2) is 8.58. The van der Waals surface area contributed by atoms with Crippen LogP contribution >= 0.6 is 0 Å². The largest absolute Gasteiger partial charge is 0.306 e. The summed E-state index contributed by atoms with van der Waals surface area (Å²) in [6.07, 6.45) is 18.2. The maximum atomic E-state index is 2.24. The van der Waals surface area contributed by atoms with Gasteiger partial charge in [0.2, 0.25) is 0 Å². The molecule has 0 fully saturated rings. The maximum Gasteiger partial charge on any atom is 0.0159 e. The summed E-state index contributed by atoms with van der Waals surface area (Å²) in [5.74, 6) is 0.620. The second-order valence-electron chi connectivity index (χ2n) is 4.14. The van der Waals surface area contributed by atoms with Crippen LogP contribution in [0.3, 0.4) is 0 Å². The fraction of sp³-hybridized carbons (Fsp3) is 0.429. The summed E-state index contributed by atoms with van der Waals surface area (Å²) >= 11 is 0. The van der Waals surface area contributed by atoms with Crippen molar-refractivity contribution in [3.8, 4) is 0 Å². The van der Waals surface area contributed by atoms with Gasteiger partial charge in [-0.25, -0.2) is 0 Å². The van der Waals surface area contributed by atoms with Gasteiger partial charge in [0.1, 0.15) is 0 Å². The number of rotatable bonds is 2. The number of hydrogen-bond acceptors (Lipinski definition) is 1. The van der Waals surface area contributed by atoms with E-state index >= 15 is 0 Å². The fourth-order valence-electron chi connectivity index (χ4n) is 1.51. The van der Waals surface area contributed by atoms with Crippen LogP contribution in [-0.2, 0) is 17.1 Å². The molecule has 0 heterocycles. The van der Waals surface area contributed by atoms with E-state index in [9.17, 15) is 0 Å². The van der Waals surface area contributed by atoms with Crippen LogP contribution in [0.15, 0.2) is 48.6 Å². The van der Waals surface area contributed by atoms with Gasteiger partial charge in [0.15, 0.2) is 0 Å². The van der Waals surface area contributed by atoms with Gasteiger partial charge in [0.25, 0.3) is 0 Å². The molecule has 0 radical (unpaired) electrons. The number of allylic oxidation sites excluding steroid dienone is 6. The second-order valence-corrected chi connectivity index (χ2v) is 4.14. The molecule has 1 atom stereocenters. The fourth-order valence-corrected chi connectivity index (χ4v) is 1.51. The molecule has 1 unspecified atom stereocenters. The van der Waals surface area contributed by atoms with Gasteiger partial charge >= 0.3 is 0 Å². The van der Waals surface area contributed by atoms with E-state index in [1.54, 1.807) is 0 Å². The molecule has 0 saturated carbocycles. The predicted molar refractivity (Wildman–Crippen MR) is 67.8 cm³/mol. The van der Waals surface area contributed by atoms with E-state index in [2.05, 4.69) is 74.5 Å². The van der Waals surface area contributed by atoms with Crippen molar-refractivity contribution in [2.45, 2.75) is 19.4 Å². The molecule has 0 amide bonds. The van der Waals surface area contributed by atoms with Crippen molar-refractivity contribution < 1.29 is 17.1 Å². The van der Waals surface area contributed by atoms with E-state index < -0.39 is 0 Å². The van der Waals surface area contributed by atoms with E-state index in [-0.39, 0.29) is 17.1 Å². The van der Waals surface area contributed by atoms with Crippen LogP contribution < -0.4 is 0 Å². The van der Waals surface area contributed by atoms with E-state index in [1.807, 2.05) is 0 Å². The molecular formula is C14H21FeN.